The summed E-state index contributed by atoms with van der Waals surface area (Å²) in [4.78, 5) is 3.90. The molecule has 1 aromatic carbocycles. The summed E-state index contributed by atoms with van der Waals surface area (Å²) in [5.41, 5.74) is 6.12. The molecular formula is C10H8FN3. The zero-order valence-corrected chi connectivity index (χ0v) is 7.29. The van der Waals surface area contributed by atoms with E-state index < -0.39 is 5.82 Å². The standard InChI is InChI=1S/C10H8FN3/c11-8-3-1-2-6-7(10(12)13)4-5-14-9(6)8/h1-5H,(H3,12,13). The first-order valence-electron chi connectivity index (χ1n) is 4.08. The number of hydrogen-bond acceptors (Lipinski definition) is 2. The van der Waals surface area contributed by atoms with Crippen molar-refractivity contribution in [2.24, 2.45) is 5.73 Å². The lowest BCUT2D eigenvalue weighted by Crippen LogP contribution is -2.11. The predicted octanol–water partition coefficient (Wildman–Crippen LogP) is 1.66. The van der Waals surface area contributed by atoms with E-state index >= 15 is 0 Å². The number of nitrogens with zero attached hydrogens (tertiary/aromatic N) is 1. The molecule has 0 radical (unpaired) electrons. The first kappa shape index (κ1) is 8.62. The van der Waals surface area contributed by atoms with Gasteiger partial charge in [0.1, 0.15) is 17.2 Å². The fraction of sp³-hybridized carbons (Fsp3) is 0. The molecule has 0 saturated carbocycles. The van der Waals surface area contributed by atoms with E-state index in [1.54, 1.807) is 18.2 Å². The van der Waals surface area contributed by atoms with E-state index in [4.69, 9.17) is 11.1 Å². The summed E-state index contributed by atoms with van der Waals surface area (Å²) in [5.74, 6) is -0.478. The maximum absolute atomic E-state index is 13.3. The predicted molar refractivity (Wildman–Crippen MR) is 52.7 cm³/mol. The number of benzene rings is 1. The molecule has 1 heterocycles. The molecule has 3 nitrogen and oxygen atoms in total. The van der Waals surface area contributed by atoms with Gasteiger partial charge in [-0.25, -0.2) is 4.39 Å². The molecule has 0 aliphatic heterocycles. The lowest BCUT2D eigenvalue weighted by molar-refractivity contribution is 0.637. The fourth-order valence-corrected chi connectivity index (χ4v) is 1.37. The Morgan fingerprint density at radius 3 is 2.86 bits per heavy atom. The second-order valence-electron chi connectivity index (χ2n) is 2.91. The highest BCUT2D eigenvalue weighted by Crippen LogP contribution is 2.18. The highest BCUT2D eigenvalue weighted by molar-refractivity contribution is 6.06. The molecule has 0 spiro atoms. The quantitative estimate of drug-likeness (QED) is 0.529. The second-order valence-corrected chi connectivity index (χ2v) is 2.91. The highest BCUT2D eigenvalue weighted by atomic mass is 19.1. The maximum Gasteiger partial charge on any atom is 0.149 e. The van der Waals surface area contributed by atoms with Gasteiger partial charge in [0.2, 0.25) is 0 Å². The first-order chi connectivity index (χ1) is 6.70. The van der Waals surface area contributed by atoms with E-state index in [0.29, 0.717) is 10.9 Å². The van der Waals surface area contributed by atoms with Crippen molar-refractivity contribution in [1.82, 2.24) is 4.98 Å². The summed E-state index contributed by atoms with van der Waals surface area (Å²) in [5, 5.41) is 7.88. The Kier molecular flexibility index (Phi) is 1.89. The van der Waals surface area contributed by atoms with E-state index in [2.05, 4.69) is 4.98 Å². The SMILES string of the molecule is N=C(N)c1ccnc2c(F)cccc12. The summed E-state index contributed by atoms with van der Waals surface area (Å²) >= 11 is 0. The molecule has 0 aliphatic rings. The molecule has 0 saturated heterocycles. The minimum atomic E-state index is -0.398. The van der Waals surface area contributed by atoms with E-state index in [1.807, 2.05) is 0 Å². The molecule has 0 amide bonds. The molecule has 2 rings (SSSR count). The van der Waals surface area contributed by atoms with Gasteiger partial charge >= 0.3 is 0 Å². The number of nitrogens with one attached hydrogen (secondary N) is 1. The van der Waals surface area contributed by atoms with Crippen LogP contribution in [-0.2, 0) is 0 Å². The third-order valence-electron chi connectivity index (χ3n) is 2.01. The minimum Gasteiger partial charge on any atom is -0.384 e. The number of para-hydroxylation sites is 1. The lowest BCUT2D eigenvalue weighted by atomic mass is 10.1. The summed E-state index contributed by atoms with van der Waals surface area (Å²) < 4.78 is 13.3. The molecular weight excluding hydrogens is 181 g/mol. The van der Waals surface area contributed by atoms with Crippen LogP contribution in [0.25, 0.3) is 10.9 Å². The number of halogens is 1. The Bertz CT molecular complexity index is 508. The largest absolute Gasteiger partial charge is 0.384 e. The van der Waals surface area contributed by atoms with Crippen LogP contribution in [0.15, 0.2) is 30.5 Å². The van der Waals surface area contributed by atoms with Crippen LogP contribution in [0.5, 0.6) is 0 Å². The van der Waals surface area contributed by atoms with Gasteiger partial charge in [-0.1, -0.05) is 12.1 Å². The summed E-state index contributed by atoms with van der Waals surface area (Å²) in [6.45, 7) is 0. The first-order valence-corrected chi connectivity index (χ1v) is 4.08. The van der Waals surface area contributed by atoms with Crippen LogP contribution < -0.4 is 5.73 Å². The Morgan fingerprint density at radius 2 is 2.14 bits per heavy atom. The maximum atomic E-state index is 13.3. The molecule has 4 heteroatoms. The van der Waals surface area contributed by atoms with E-state index in [1.165, 1.54) is 12.3 Å². The van der Waals surface area contributed by atoms with Crippen molar-refractivity contribution in [3.05, 3.63) is 41.8 Å². The van der Waals surface area contributed by atoms with Gasteiger partial charge in [-0.3, -0.25) is 10.4 Å². The second kappa shape index (κ2) is 3.06. The van der Waals surface area contributed by atoms with Gasteiger partial charge in [-0.2, -0.15) is 0 Å². The molecule has 0 atom stereocenters. The van der Waals surface area contributed by atoms with Crippen molar-refractivity contribution < 1.29 is 4.39 Å². The van der Waals surface area contributed by atoms with Crippen LogP contribution in [-0.4, -0.2) is 10.8 Å². The molecule has 70 valence electrons. The van der Waals surface area contributed by atoms with Gasteiger partial charge in [0.25, 0.3) is 0 Å². The van der Waals surface area contributed by atoms with Gasteiger partial charge in [0.15, 0.2) is 0 Å². The topological polar surface area (TPSA) is 62.8 Å². The lowest BCUT2D eigenvalue weighted by Gasteiger charge is -2.03. The zero-order chi connectivity index (χ0) is 10.1. The molecule has 0 fully saturated rings. The van der Waals surface area contributed by atoms with E-state index in [-0.39, 0.29) is 11.4 Å². The Labute approximate surface area is 79.9 Å². The normalized spacial score (nSPS) is 10.4. The molecule has 0 bridgehead atoms. The van der Waals surface area contributed by atoms with Crippen molar-refractivity contribution in [2.45, 2.75) is 0 Å². The van der Waals surface area contributed by atoms with Crippen molar-refractivity contribution in [3.63, 3.8) is 0 Å². The molecule has 0 unspecified atom stereocenters. The van der Waals surface area contributed by atoms with E-state index in [9.17, 15) is 4.39 Å². The summed E-state index contributed by atoms with van der Waals surface area (Å²) in [6, 6.07) is 6.21. The van der Waals surface area contributed by atoms with Gasteiger partial charge in [-0.15, -0.1) is 0 Å². The van der Waals surface area contributed by atoms with Crippen molar-refractivity contribution in [1.29, 1.82) is 5.41 Å². The summed E-state index contributed by atoms with van der Waals surface area (Å²) in [7, 11) is 0. The van der Waals surface area contributed by atoms with Crippen molar-refractivity contribution in [3.8, 4) is 0 Å². The van der Waals surface area contributed by atoms with E-state index in [0.717, 1.165) is 0 Å². The number of amidine groups is 1. The highest BCUT2D eigenvalue weighted by Gasteiger charge is 2.06. The van der Waals surface area contributed by atoms with Crippen molar-refractivity contribution >= 4 is 16.7 Å². The zero-order valence-electron chi connectivity index (χ0n) is 7.29. The molecule has 14 heavy (non-hydrogen) atoms. The number of hydrogen-bond donors (Lipinski definition) is 2. The van der Waals surface area contributed by atoms with Crippen LogP contribution in [0.3, 0.4) is 0 Å². The molecule has 2 aromatic rings. The Hall–Kier alpha value is -1.97. The Morgan fingerprint density at radius 1 is 1.36 bits per heavy atom. The number of pyridine rings is 1. The Balaban J connectivity index is 2.88. The number of nitrogen functional groups attached to an aromatic ring is 1. The van der Waals surface area contributed by atoms with Crippen LogP contribution in [0.2, 0.25) is 0 Å². The number of rotatable bonds is 1. The van der Waals surface area contributed by atoms with Crippen molar-refractivity contribution in [2.75, 3.05) is 0 Å². The van der Waals surface area contributed by atoms with Gasteiger partial charge in [0.05, 0.1) is 0 Å². The number of aromatic nitrogens is 1. The molecule has 0 aliphatic carbocycles. The number of nitrogens with two attached hydrogens (primary N) is 1. The minimum absolute atomic E-state index is 0.0806. The smallest absolute Gasteiger partial charge is 0.149 e. The third-order valence-corrected chi connectivity index (χ3v) is 2.01. The van der Waals surface area contributed by atoms with Crippen LogP contribution in [0.1, 0.15) is 5.56 Å². The summed E-state index contributed by atoms with van der Waals surface area (Å²) in [6.07, 6.45) is 1.45. The third kappa shape index (κ3) is 1.21. The fourth-order valence-electron chi connectivity index (χ4n) is 1.37. The average molecular weight is 189 g/mol. The van der Waals surface area contributed by atoms with Gasteiger partial charge in [0, 0.05) is 17.1 Å². The van der Waals surface area contributed by atoms with Gasteiger partial charge < -0.3 is 5.73 Å². The monoisotopic (exact) mass is 189 g/mol. The van der Waals surface area contributed by atoms with Gasteiger partial charge in [-0.05, 0) is 12.1 Å². The van der Waals surface area contributed by atoms with Crippen LogP contribution in [0.4, 0.5) is 4.39 Å². The van der Waals surface area contributed by atoms with Crippen LogP contribution >= 0.6 is 0 Å². The molecule has 3 N–H and O–H groups in total. The number of fused-ring (bicyclic) bond motifs is 1. The average Bonchev–Trinajstić information content (AvgIpc) is 2.17. The molecule has 1 aromatic heterocycles. The van der Waals surface area contributed by atoms with Crippen LogP contribution in [0, 0.1) is 11.2 Å².